The number of amides is 1. The molecule has 0 aliphatic carbocycles. The lowest BCUT2D eigenvalue weighted by molar-refractivity contribution is -0.0497. The first kappa shape index (κ1) is 15.5. The Morgan fingerprint density at radius 3 is 2.67 bits per heavy atom. The summed E-state index contributed by atoms with van der Waals surface area (Å²) in [6.07, 6.45) is -0.615. The van der Waals surface area contributed by atoms with Crippen molar-refractivity contribution in [2.24, 2.45) is 0 Å². The molecular weight excluding hydrogens is 324 g/mol. The van der Waals surface area contributed by atoms with Gasteiger partial charge < -0.3 is 9.47 Å². The fraction of sp³-hybridized carbons (Fsp3) is 0.154. The number of carbonyl (C=O) groups excluding carboxylic acids is 1. The van der Waals surface area contributed by atoms with Crippen LogP contribution in [0, 0.1) is 0 Å². The number of anilines is 2. The average Bonchev–Trinajstić information content (AvgIpc) is 2.95. The third-order valence-corrected chi connectivity index (χ3v) is 3.62. The first-order valence-corrected chi connectivity index (χ1v) is 6.94. The maximum absolute atomic E-state index is 12.2. The Bertz CT molecular complexity index is 622. The Morgan fingerprint density at radius 1 is 1.38 bits per heavy atom. The highest BCUT2D eigenvalue weighted by Crippen LogP contribution is 2.35. The number of benzene rings is 1. The topological polar surface area (TPSA) is 38.8 Å². The molecule has 4 nitrogen and oxygen atoms in total. The van der Waals surface area contributed by atoms with E-state index in [9.17, 15) is 13.6 Å². The molecule has 8 heteroatoms. The molecule has 0 aliphatic heterocycles. The molecule has 0 unspecified atom stereocenters. The molecule has 0 N–H and O–H groups in total. The van der Waals surface area contributed by atoms with E-state index in [2.05, 4.69) is 4.74 Å². The smallest absolute Gasteiger partial charge is 0.419 e. The fourth-order valence-corrected chi connectivity index (χ4v) is 2.59. The number of carbonyl (C=O) groups is 1. The van der Waals surface area contributed by atoms with Crippen LogP contribution in [0.4, 0.5) is 24.3 Å². The number of nitrogens with zero attached hydrogens (tertiary/aromatic N) is 1. The molecule has 2 aromatic rings. The van der Waals surface area contributed by atoms with Crippen LogP contribution in [0.15, 0.2) is 35.7 Å². The first-order valence-electron chi connectivity index (χ1n) is 5.69. The zero-order valence-corrected chi connectivity index (χ0v) is 12.3. The van der Waals surface area contributed by atoms with Crippen LogP contribution in [-0.4, -0.2) is 19.8 Å². The van der Waals surface area contributed by atoms with Gasteiger partial charge in [0.05, 0.1) is 17.8 Å². The number of methoxy groups -OCH3 is 1. The largest absolute Gasteiger partial charge is 0.452 e. The lowest BCUT2D eigenvalue weighted by Crippen LogP contribution is -2.24. The Labute approximate surface area is 128 Å². The summed E-state index contributed by atoms with van der Waals surface area (Å²) in [5, 5.41) is 2.37. The summed E-state index contributed by atoms with van der Waals surface area (Å²) in [4.78, 5) is 13.2. The van der Waals surface area contributed by atoms with Gasteiger partial charge in [-0.2, -0.15) is 8.78 Å². The molecule has 0 spiro atoms. The number of hydrogen-bond donors (Lipinski definition) is 0. The summed E-state index contributed by atoms with van der Waals surface area (Å²) < 4.78 is 33.4. The van der Waals surface area contributed by atoms with E-state index in [0.717, 1.165) is 0 Å². The molecule has 1 aromatic heterocycles. The quantitative estimate of drug-likeness (QED) is 0.798. The van der Waals surface area contributed by atoms with Crippen molar-refractivity contribution in [3.63, 3.8) is 0 Å². The van der Waals surface area contributed by atoms with E-state index in [1.807, 2.05) is 0 Å². The number of rotatable bonds is 4. The molecule has 0 aliphatic rings. The predicted octanol–water partition coefficient (Wildman–Crippen LogP) is 4.91. The van der Waals surface area contributed by atoms with Crippen molar-refractivity contribution < 1.29 is 23.0 Å². The van der Waals surface area contributed by atoms with Crippen molar-refractivity contribution in [1.29, 1.82) is 0 Å². The molecule has 0 saturated carbocycles. The summed E-state index contributed by atoms with van der Waals surface area (Å²) in [6.45, 7) is -2.97. The van der Waals surface area contributed by atoms with Gasteiger partial charge in [-0.1, -0.05) is 11.6 Å². The number of halogens is 3. The summed E-state index contributed by atoms with van der Waals surface area (Å²) in [6, 6.07) is 7.56. The lowest BCUT2D eigenvalue weighted by Gasteiger charge is -2.20. The molecule has 2 rings (SSSR count). The maximum Gasteiger partial charge on any atom is 0.419 e. The molecule has 21 heavy (non-hydrogen) atoms. The molecule has 0 bridgehead atoms. The van der Waals surface area contributed by atoms with Crippen LogP contribution in [0.2, 0.25) is 5.02 Å². The van der Waals surface area contributed by atoms with E-state index in [1.54, 1.807) is 17.5 Å². The summed E-state index contributed by atoms with van der Waals surface area (Å²) in [5.74, 6) is -0.161. The normalized spacial score (nSPS) is 10.5. The van der Waals surface area contributed by atoms with Crippen LogP contribution in [0.3, 0.4) is 0 Å². The number of ether oxygens (including phenoxy) is 2. The Hall–Kier alpha value is -1.86. The SMILES string of the molecule is COC(=O)N(c1ccc(OC(F)F)c(Cl)c1)c1cccs1. The van der Waals surface area contributed by atoms with Gasteiger partial charge in [0.25, 0.3) is 0 Å². The van der Waals surface area contributed by atoms with Crippen LogP contribution in [0.25, 0.3) is 0 Å². The van der Waals surface area contributed by atoms with Crippen LogP contribution in [0.5, 0.6) is 5.75 Å². The van der Waals surface area contributed by atoms with Crippen LogP contribution >= 0.6 is 22.9 Å². The Kier molecular flexibility index (Phi) is 4.98. The Balaban J connectivity index is 2.37. The molecule has 0 fully saturated rings. The average molecular weight is 334 g/mol. The molecule has 0 atom stereocenters. The second kappa shape index (κ2) is 6.73. The van der Waals surface area contributed by atoms with Crippen LogP contribution in [-0.2, 0) is 4.74 Å². The third kappa shape index (κ3) is 3.62. The van der Waals surface area contributed by atoms with Gasteiger partial charge in [0.1, 0.15) is 10.8 Å². The molecule has 1 amide bonds. The fourth-order valence-electron chi connectivity index (χ4n) is 1.63. The monoisotopic (exact) mass is 333 g/mol. The molecule has 0 radical (unpaired) electrons. The Morgan fingerprint density at radius 2 is 2.14 bits per heavy atom. The molecule has 1 aromatic carbocycles. The third-order valence-electron chi connectivity index (χ3n) is 2.47. The highest BCUT2D eigenvalue weighted by molar-refractivity contribution is 7.14. The van der Waals surface area contributed by atoms with E-state index >= 15 is 0 Å². The van der Waals surface area contributed by atoms with Crippen molar-refractivity contribution in [3.8, 4) is 5.75 Å². The predicted molar refractivity (Wildman–Crippen MR) is 76.9 cm³/mol. The van der Waals surface area contributed by atoms with Crippen molar-refractivity contribution in [2.75, 3.05) is 12.0 Å². The lowest BCUT2D eigenvalue weighted by atomic mass is 10.3. The van der Waals surface area contributed by atoms with Crippen molar-refractivity contribution >= 4 is 39.7 Å². The van der Waals surface area contributed by atoms with Gasteiger partial charge >= 0.3 is 12.7 Å². The van der Waals surface area contributed by atoms with E-state index in [4.69, 9.17) is 16.3 Å². The number of alkyl halides is 2. The highest BCUT2D eigenvalue weighted by Gasteiger charge is 2.21. The summed E-state index contributed by atoms with van der Waals surface area (Å²) in [7, 11) is 1.25. The minimum absolute atomic E-state index is 0.0294. The molecule has 0 saturated heterocycles. The summed E-state index contributed by atoms with van der Waals surface area (Å²) in [5.41, 5.74) is 0.385. The molecular formula is C13H10ClF2NO3S. The van der Waals surface area contributed by atoms with Crippen LogP contribution < -0.4 is 9.64 Å². The van der Waals surface area contributed by atoms with Crippen molar-refractivity contribution in [1.82, 2.24) is 0 Å². The maximum atomic E-state index is 12.2. The van der Waals surface area contributed by atoms with Gasteiger partial charge in [-0.15, -0.1) is 11.3 Å². The van der Waals surface area contributed by atoms with Gasteiger partial charge in [0, 0.05) is 0 Å². The second-order valence-electron chi connectivity index (χ2n) is 3.75. The van der Waals surface area contributed by atoms with Crippen LogP contribution in [0.1, 0.15) is 0 Å². The van der Waals surface area contributed by atoms with Crippen molar-refractivity contribution in [3.05, 3.63) is 40.7 Å². The van der Waals surface area contributed by atoms with E-state index in [-0.39, 0.29) is 10.8 Å². The number of hydrogen-bond acceptors (Lipinski definition) is 4. The minimum atomic E-state index is -2.97. The number of thiophene rings is 1. The van der Waals surface area contributed by atoms with E-state index in [1.165, 1.54) is 41.5 Å². The van der Waals surface area contributed by atoms with Gasteiger partial charge in [0.15, 0.2) is 0 Å². The zero-order chi connectivity index (χ0) is 15.4. The van der Waals surface area contributed by atoms with Gasteiger partial charge in [-0.05, 0) is 35.7 Å². The summed E-state index contributed by atoms with van der Waals surface area (Å²) >= 11 is 7.21. The minimum Gasteiger partial charge on any atom is -0.452 e. The highest BCUT2D eigenvalue weighted by atomic mass is 35.5. The van der Waals surface area contributed by atoms with E-state index in [0.29, 0.717) is 10.7 Å². The van der Waals surface area contributed by atoms with E-state index < -0.39 is 12.7 Å². The second-order valence-corrected chi connectivity index (χ2v) is 5.08. The standard InChI is InChI=1S/C13H10ClF2NO3S/c1-19-13(18)17(11-3-2-6-21-11)8-4-5-10(9(14)7-8)20-12(15)16/h2-7,12H,1H3. The van der Waals surface area contributed by atoms with Crippen molar-refractivity contribution in [2.45, 2.75) is 6.61 Å². The first-order chi connectivity index (χ1) is 10.0. The molecule has 1 heterocycles. The van der Waals surface area contributed by atoms with Gasteiger partial charge in [0.2, 0.25) is 0 Å². The van der Waals surface area contributed by atoms with Gasteiger partial charge in [-0.25, -0.2) is 9.69 Å². The van der Waals surface area contributed by atoms with Gasteiger partial charge in [-0.3, -0.25) is 0 Å². The zero-order valence-electron chi connectivity index (χ0n) is 10.8. The molecule has 112 valence electrons.